The van der Waals surface area contributed by atoms with E-state index in [1.165, 1.54) is 0 Å². The van der Waals surface area contributed by atoms with Gasteiger partial charge in [0, 0.05) is 44.5 Å². The molecule has 0 radical (unpaired) electrons. The molecular formula is C23H29N3O3. The summed E-state index contributed by atoms with van der Waals surface area (Å²) < 4.78 is 5.58. The largest absolute Gasteiger partial charge is 0.484 e. The fraction of sp³-hybridized carbons (Fsp3) is 0.391. The van der Waals surface area contributed by atoms with E-state index in [4.69, 9.17) is 4.74 Å². The van der Waals surface area contributed by atoms with Gasteiger partial charge in [0.05, 0.1) is 0 Å². The molecular weight excluding hydrogens is 366 g/mol. The van der Waals surface area contributed by atoms with Gasteiger partial charge in [0.25, 0.3) is 5.91 Å². The van der Waals surface area contributed by atoms with Crippen molar-refractivity contribution in [3.05, 3.63) is 54.1 Å². The number of amides is 2. The number of carbonyl (C=O) groups excluding carboxylic acids is 2. The molecule has 154 valence electrons. The Morgan fingerprint density at radius 3 is 2.24 bits per heavy atom. The molecule has 6 nitrogen and oxygen atoms in total. The van der Waals surface area contributed by atoms with Crippen molar-refractivity contribution in [1.82, 2.24) is 4.90 Å². The molecule has 1 saturated heterocycles. The summed E-state index contributed by atoms with van der Waals surface area (Å²) in [5, 5.41) is 2.99. The normalized spacial score (nSPS) is 14.4. The van der Waals surface area contributed by atoms with E-state index in [-0.39, 0.29) is 24.3 Å². The van der Waals surface area contributed by atoms with Crippen LogP contribution in [0.3, 0.4) is 0 Å². The molecule has 0 saturated carbocycles. The lowest BCUT2D eigenvalue weighted by molar-refractivity contribution is -0.136. The van der Waals surface area contributed by atoms with Crippen molar-refractivity contribution in [3.8, 4) is 5.75 Å². The number of hydrogen-bond donors (Lipinski definition) is 1. The maximum Gasteiger partial charge on any atom is 0.260 e. The first-order valence-electron chi connectivity index (χ1n) is 9.98. The van der Waals surface area contributed by atoms with Crippen LogP contribution in [0.15, 0.2) is 48.5 Å². The van der Waals surface area contributed by atoms with E-state index in [0.29, 0.717) is 31.7 Å². The number of nitrogens with one attached hydrogen (secondary N) is 1. The number of nitrogens with zero attached hydrogens (tertiary/aromatic N) is 2. The first-order chi connectivity index (χ1) is 13.9. The Hall–Kier alpha value is -3.02. The number of piperidine rings is 1. The van der Waals surface area contributed by atoms with Crippen molar-refractivity contribution in [2.45, 2.75) is 19.8 Å². The predicted octanol–water partition coefficient (Wildman–Crippen LogP) is 3.32. The SMILES string of the molecule is Cc1ccc(OCC(=O)N2CCC(C(=O)Nc3ccc(N(C)C)cc3)CC2)cc1. The molecule has 2 amide bonds. The fourth-order valence-corrected chi connectivity index (χ4v) is 3.35. The van der Waals surface area contributed by atoms with Gasteiger partial charge in [-0.3, -0.25) is 9.59 Å². The van der Waals surface area contributed by atoms with E-state index in [9.17, 15) is 9.59 Å². The zero-order valence-electron chi connectivity index (χ0n) is 17.4. The number of benzene rings is 2. The summed E-state index contributed by atoms with van der Waals surface area (Å²) in [6, 6.07) is 15.4. The lowest BCUT2D eigenvalue weighted by Crippen LogP contribution is -2.43. The van der Waals surface area contributed by atoms with Crippen molar-refractivity contribution in [3.63, 3.8) is 0 Å². The Morgan fingerprint density at radius 1 is 1.03 bits per heavy atom. The number of ether oxygens (including phenoxy) is 1. The van der Waals surface area contributed by atoms with Gasteiger partial charge in [0.1, 0.15) is 5.75 Å². The standard InChI is InChI=1S/C23H29N3O3/c1-17-4-10-21(11-5-17)29-16-22(27)26-14-12-18(13-15-26)23(28)24-19-6-8-20(9-7-19)25(2)3/h4-11,18H,12-16H2,1-3H3,(H,24,28). The van der Waals surface area contributed by atoms with Crippen LogP contribution in [0.5, 0.6) is 5.75 Å². The molecule has 1 heterocycles. The second-order valence-corrected chi connectivity index (χ2v) is 7.69. The highest BCUT2D eigenvalue weighted by Gasteiger charge is 2.27. The highest BCUT2D eigenvalue weighted by Crippen LogP contribution is 2.21. The van der Waals surface area contributed by atoms with E-state index in [0.717, 1.165) is 16.9 Å². The molecule has 0 atom stereocenters. The van der Waals surface area contributed by atoms with Crippen molar-refractivity contribution in [2.24, 2.45) is 5.92 Å². The number of hydrogen-bond acceptors (Lipinski definition) is 4. The molecule has 0 bridgehead atoms. The maximum atomic E-state index is 12.6. The predicted molar refractivity (Wildman–Crippen MR) is 115 cm³/mol. The summed E-state index contributed by atoms with van der Waals surface area (Å²) in [6.07, 6.45) is 1.33. The molecule has 3 rings (SSSR count). The van der Waals surface area contributed by atoms with Crippen LogP contribution >= 0.6 is 0 Å². The first kappa shape index (κ1) is 20.7. The smallest absolute Gasteiger partial charge is 0.260 e. The summed E-state index contributed by atoms with van der Waals surface area (Å²) in [5.74, 6) is 0.596. The Balaban J connectivity index is 1.43. The summed E-state index contributed by atoms with van der Waals surface area (Å²) >= 11 is 0. The van der Waals surface area contributed by atoms with Gasteiger partial charge in [-0.25, -0.2) is 0 Å². The molecule has 1 fully saturated rings. The molecule has 0 spiro atoms. The minimum atomic E-state index is -0.0782. The first-order valence-corrected chi connectivity index (χ1v) is 9.98. The van der Waals surface area contributed by atoms with E-state index < -0.39 is 0 Å². The quantitative estimate of drug-likeness (QED) is 0.815. The molecule has 0 unspecified atom stereocenters. The van der Waals surface area contributed by atoms with E-state index in [1.54, 1.807) is 4.90 Å². The van der Waals surface area contributed by atoms with Gasteiger partial charge in [-0.1, -0.05) is 17.7 Å². The molecule has 2 aromatic rings. The molecule has 6 heteroatoms. The van der Waals surface area contributed by atoms with Crippen LogP contribution in [0.4, 0.5) is 11.4 Å². The van der Waals surface area contributed by atoms with Crippen molar-refractivity contribution in [2.75, 3.05) is 44.0 Å². The second kappa shape index (κ2) is 9.45. The summed E-state index contributed by atoms with van der Waals surface area (Å²) in [6.45, 7) is 3.19. The summed E-state index contributed by atoms with van der Waals surface area (Å²) in [4.78, 5) is 28.7. The van der Waals surface area contributed by atoms with Crippen LogP contribution in [-0.4, -0.2) is 50.5 Å². The number of carbonyl (C=O) groups is 2. The van der Waals surface area contributed by atoms with Crippen LogP contribution in [-0.2, 0) is 9.59 Å². The molecule has 1 aliphatic rings. The number of aryl methyl sites for hydroxylation is 1. The van der Waals surface area contributed by atoms with Crippen LogP contribution in [0.1, 0.15) is 18.4 Å². The summed E-state index contributed by atoms with van der Waals surface area (Å²) in [7, 11) is 3.96. The third-order valence-electron chi connectivity index (χ3n) is 5.25. The van der Waals surface area contributed by atoms with Gasteiger partial charge in [-0.2, -0.15) is 0 Å². The molecule has 0 aliphatic carbocycles. The van der Waals surface area contributed by atoms with Crippen LogP contribution in [0.2, 0.25) is 0 Å². The summed E-state index contributed by atoms with van der Waals surface area (Å²) in [5.41, 5.74) is 3.03. The van der Waals surface area contributed by atoms with Gasteiger partial charge in [-0.15, -0.1) is 0 Å². The highest BCUT2D eigenvalue weighted by molar-refractivity contribution is 5.93. The Labute approximate surface area is 172 Å². The van der Waals surface area contributed by atoms with Crippen molar-refractivity contribution >= 4 is 23.2 Å². The Bertz CT molecular complexity index is 823. The zero-order chi connectivity index (χ0) is 20.8. The zero-order valence-corrected chi connectivity index (χ0v) is 17.4. The number of rotatable bonds is 6. The molecule has 2 aromatic carbocycles. The molecule has 0 aromatic heterocycles. The van der Waals surface area contributed by atoms with E-state index >= 15 is 0 Å². The average Bonchev–Trinajstić information content (AvgIpc) is 2.73. The van der Waals surface area contributed by atoms with Crippen LogP contribution in [0.25, 0.3) is 0 Å². The van der Waals surface area contributed by atoms with Gasteiger partial charge < -0.3 is 19.9 Å². The third kappa shape index (κ3) is 5.73. The average molecular weight is 396 g/mol. The third-order valence-corrected chi connectivity index (χ3v) is 5.25. The molecule has 29 heavy (non-hydrogen) atoms. The number of likely N-dealkylation sites (tertiary alicyclic amines) is 1. The van der Waals surface area contributed by atoms with Crippen LogP contribution < -0.4 is 15.0 Å². The van der Waals surface area contributed by atoms with E-state index in [2.05, 4.69) is 5.32 Å². The Morgan fingerprint density at radius 2 is 1.66 bits per heavy atom. The molecule has 1 N–H and O–H groups in total. The minimum absolute atomic E-state index is 0.0191. The topological polar surface area (TPSA) is 61.9 Å². The second-order valence-electron chi connectivity index (χ2n) is 7.69. The van der Waals surface area contributed by atoms with Crippen LogP contribution in [0, 0.1) is 12.8 Å². The monoisotopic (exact) mass is 395 g/mol. The minimum Gasteiger partial charge on any atom is -0.484 e. The van der Waals surface area contributed by atoms with Gasteiger partial charge >= 0.3 is 0 Å². The van der Waals surface area contributed by atoms with Crippen molar-refractivity contribution < 1.29 is 14.3 Å². The van der Waals surface area contributed by atoms with Gasteiger partial charge in [-0.05, 0) is 56.2 Å². The van der Waals surface area contributed by atoms with Gasteiger partial charge in [0.15, 0.2) is 6.61 Å². The fourth-order valence-electron chi connectivity index (χ4n) is 3.35. The lowest BCUT2D eigenvalue weighted by Gasteiger charge is -2.31. The Kier molecular flexibility index (Phi) is 6.75. The van der Waals surface area contributed by atoms with E-state index in [1.807, 2.05) is 74.4 Å². The lowest BCUT2D eigenvalue weighted by atomic mass is 9.95. The number of anilines is 2. The maximum absolute atomic E-state index is 12.6. The molecule has 1 aliphatic heterocycles. The van der Waals surface area contributed by atoms with Gasteiger partial charge in [0.2, 0.25) is 5.91 Å². The van der Waals surface area contributed by atoms with Crippen molar-refractivity contribution in [1.29, 1.82) is 0 Å². The highest BCUT2D eigenvalue weighted by atomic mass is 16.5.